The third-order valence-electron chi connectivity index (χ3n) is 3.36. The molecule has 0 radical (unpaired) electrons. The summed E-state index contributed by atoms with van der Waals surface area (Å²) < 4.78 is 0. The highest BCUT2D eigenvalue weighted by Gasteiger charge is 2.19. The molecule has 19 heavy (non-hydrogen) atoms. The number of rotatable bonds is 4. The maximum absolute atomic E-state index is 12.1. The van der Waals surface area contributed by atoms with E-state index in [9.17, 15) is 4.79 Å². The lowest BCUT2D eigenvalue weighted by atomic mass is 10.1. The summed E-state index contributed by atoms with van der Waals surface area (Å²) in [5.41, 5.74) is 2.06. The minimum Gasteiger partial charge on any atom is -0.325 e. The number of carbonyl (C=O) groups is 1. The maximum atomic E-state index is 12.1. The zero-order chi connectivity index (χ0) is 13.7. The van der Waals surface area contributed by atoms with Gasteiger partial charge in [0.25, 0.3) is 0 Å². The molecule has 1 amide bonds. The van der Waals surface area contributed by atoms with Crippen molar-refractivity contribution in [2.75, 3.05) is 16.8 Å². The Balaban J connectivity index is 1.83. The molecule has 0 saturated carbocycles. The first-order valence-electron chi connectivity index (χ1n) is 6.86. The zero-order valence-electron chi connectivity index (χ0n) is 11.6. The van der Waals surface area contributed by atoms with E-state index in [1.807, 2.05) is 49.9 Å². The SMILES string of the molecule is Cc1ccc(NC(=O)C(C)NC2CCCSC2)cc1. The summed E-state index contributed by atoms with van der Waals surface area (Å²) in [6.07, 6.45) is 2.42. The van der Waals surface area contributed by atoms with E-state index in [0.717, 1.165) is 11.4 Å². The van der Waals surface area contributed by atoms with Crippen molar-refractivity contribution in [3.05, 3.63) is 29.8 Å². The summed E-state index contributed by atoms with van der Waals surface area (Å²) in [6.45, 7) is 3.97. The second-order valence-corrected chi connectivity index (χ2v) is 6.31. The van der Waals surface area contributed by atoms with Crippen LogP contribution in [0.3, 0.4) is 0 Å². The number of carbonyl (C=O) groups excluding carboxylic acids is 1. The van der Waals surface area contributed by atoms with Crippen molar-refractivity contribution in [3.63, 3.8) is 0 Å². The second-order valence-electron chi connectivity index (χ2n) is 5.16. The third kappa shape index (κ3) is 4.55. The average molecular weight is 278 g/mol. The third-order valence-corrected chi connectivity index (χ3v) is 4.57. The standard InChI is InChI=1S/C15H22N2OS/c1-11-5-7-13(8-6-11)17-15(18)12(2)16-14-4-3-9-19-10-14/h5-8,12,14,16H,3-4,9-10H2,1-2H3,(H,17,18). The normalized spacial score (nSPS) is 20.8. The second kappa shape index (κ2) is 6.96. The van der Waals surface area contributed by atoms with E-state index in [1.165, 1.54) is 24.2 Å². The lowest BCUT2D eigenvalue weighted by Crippen LogP contribution is -2.45. The van der Waals surface area contributed by atoms with Gasteiger partial charge in [0, 0.05) is 17.5 Å². The van der Waals surface area contributed by atoms with Gasteiger partial charge >= 0.3 is 0 Å². The Bertz CT molecular complexity index is 413. The summed E-state index contributed by atoms with van der Waals surface area (Å²) in [5, 5.41) is 6.37. The molecule has 1 saturated heterocycles. The van der Waals surface area contributed by atoms with Gasteiger partial charge in [-0.05, 0) is 44.6 Å². The highest BCUT2D eigenvalue weighted by molar-refractivity contribution is 7.99. The van der Waals surface area contributed by atoms with Gasteiger partial charge in [-0.3, -0.25) is 4.79 Å². The van der Waals surface area contributed by atoms with Gasteiger partial charge in [-0.25, -0.2) is 0 Å². The van der Waals surface area contributed by atoms with Crippen molar-refractivity contribution in [3.8, 4) is 0 Å². The van der Waals surface area contributed by atoms with E-state index >= 15 is 0 Å². The fourth-order valence-corrected chi connectivity index (χ4v) is 3.27. The van der Waals surface area contributed by atoms with Gasteiger partial charge in [0.05, 0.1) is 6.04 Å². The average Bonchev–Trinajstić information content (AvgIpc) is 2.42. The molecule has 0 bridgehead atoms. The largest absolute Gasteiger partial charge is 0.325 e. The summed E-state index contributed by atoms with van der Waals surface area (Å²) in [6, 6.07) is 8.21. The van der Waals surface area contributed by atoms with Gasteiger partial charge in [0.15, 0.2) is 0 Å². The molecule has 1 aliphatic heterocycles. The molecule has 0 spiro atoms. The number of amides is 1. The number of hydrogen-bond acceptors (Lipinski definition) is 3. The number of hydrogen-bond donors (Lipinski definition) is 2. The van der Waals surface area contributed by atoms with E-state index in [2.05, 4.69) is 10.6 Å². The molecular weight excluding hydrogens is 256 g/mol. The molecule has 2 N–H and O–H groups in total. The number of thioether (sulfide) groups is 1. The van der Waals surface area contributed by atoms with Gasteiger partial charge in [-0.2, -0.15) is 11.8 Å². The van der Waals surface area contributed by atoms with Crippen molar-refractivity contribution >= 4 is 23.4 Å². The van der Waals surface area contributed by atoms with Crippen LogP contribution < -0.4 is 10.6 Å². The van der Waals surface area contributed by atoms with E-state index in [-0.39, 0.29) is 11.9 Å². The topological polar surface area (TPSA) is 41.1 Å². The fraction of sp³-hybridized carbons (Fsp3) is 0.533. The van der Waals surface area contributed by atoms with Gasteiger partial charge in [-0.15, -0.1) is 0 Å². The number of aryl methyl sites for hydroxylation is 1. The van der Waals surface area contributed by atoms with Gasteiger partial charge < -0.3 is 10.6 Å². The summed E-state index contributed by atoms with van der Waals surface area (Å²) in [4.78, 5) is 12.1. The number of benzene rings is 1. The predicted octanol–water partition coefficient (Wildman–Crippen LogP) is 2.81. The van der Waals surface area contributed by atoms with Gasteiger partial charge in [-0.1, -0.05) is 17.7 Å². The molecule has 1 aromatic carbocycles. The van der Waals surface area contributed by atoms with Crippen LogP contribution in [-0.2, 0) is 4.79 Å². The minimum atomic E-state index is -0.148. The van der Waals surface area contributed by atoms with Gasteiger partial charge in [0.2, 0.25) is 5.91 Å². The zero-order valence-corrected chi connectivity index (χ0v) is 12.4. The fourth-order valence-electron chi connectivity index (χ4n) is 2.19. The summed E-state index contributed by atoms with van der Waals surface area (Å²) in [7, 11) is 0. The van der Waals surface area contributed by atoms with E-state index < -0.39 is 0 Å². The van der Waals surface area contributed by atoms with Crippen molar-refractivity contribution in [2.45, 2.75) is 38.8 Å². The van der Waals surface area contributed by atoms with Crippen molar-refractivity contribution in [2.24, 2.45) is 0 Å². The smallest absolute Gasteiger partial charge is 0.241 e. The summed E-state index contributed by atoms with van der Waals surface area (Å²) >= 11 is 1.97. The van der Waals surface area contributed by atoms with Crippen LogP contribution >= 0.6 is 11.8 Å². The van der Waals surface area contributed by atoms with Crippen LogP contribution in [0.15, 0.2) is 24.3 Å². The molecule has 3 nitrogen and oxygen atoms in total. The molecule has 0 aromatic heterocycles. The Morgan fingerprint density at radius 2 is 2.11 bits per heavy atom. The van der Waals surface area contributed by atoms with Crippen LogP contribution in [0.5, 0.6) is 0 Å². The van der Waals surface area contributed by atoms with Crippen molar-refractivity contribution < 1.29 is 4.79 Å². The van der Waals surface area contributed by atoms with Crippen LogP contribution in [0.4, 0.5) is 5.69 Å². The van der Waals surface area contributed by atoms with Crippen molar-refractivity contribution in [1.29, 1.82) is 0 Å². The Hall–Kier alpha value is -1.00. The summed E-state index contributed by atoms with van der Waals surface area (Å²) in [5.74, 6) is 2.41. The molecule has 1 heterocycles. The van der Waals surface area contributed by atoms with E-state index in [1.54, 1.807) is 0 Å². The van der Waals surface area contributed by atoms with E-state index in [4.69, 9.17) is 0 Å². The molecule has 1 fully saturated rings. The molecule has 0 aliphatic carbocycles. The minimum absolute atomic E-state index is 0.0411. The molecule has 2 unspecified atom stereocenters. The molecule has 104 valence electrons. The molecular formula is C15H22N2OS. The number of nitrogens with one attached hydrogen (secondary N) is 2. The first-order valence-corrected chi connectivity index (χ1v) is 8.02. The Morgan fingerprint density at radius 1 is 1.37 bits per heavy atom. The van der Waals surface area contributed by atoms with Gasteiger partial charge in [0.1, 0.15) is 0 Å². The Kier molecular flexibility index (Phi) is 5.28. The lowest BCUT2D eigenvalue weighted by molar-refractivity contribution is -0.117. The maximum Gasteiger partial charge on any atom is 0.241 e. The van der Waals surface area contributed by atoms with Crippen LogP contribution in [0.25, 0.3) is 0 Å². The molecule has 1 aliphatic rings. The molecule has 4 heteroatoms. The predicted molar refractivity (Wildman–Crippen MR) is 82.8 cm³/mol. The number of anilines is 1. The van der Waals surface area contributed by atoms with Crippen LogP contribution in [0.2, 0.25) is 0 Å². The molecule has 1 aromatic rings. The molecule has 2 rings (SSSR count). The van der Waals surface area contributed by atoms with Crippen LogP contribution in [-0.4, -0.2) is 29.5 Å². The monoisotopic (exact) mass is 278 g/mol. The van der Waals surface area contributed by atoms with Crippen LogP contribution in [0.1, 0.15) is 25.3 Å². The first-order chi connectivity index (χ1) is 9.15. The van der Waals surface area contributed by atoms with Crippen molar-refractivity contribution in [1.82, 2.24) is 5.32 Å². The van der Waals surface area contributed by atoms with E-state index in [0.29, 0.717) is 6.04 Å². The highest BCUT2D eigenvalue weighted by Crippen LogP contribution is 2.17. The Labute approximate surface area is 119 Å². The highest BCUT2D eigenvalue weighted by atomic mass is 32.2. The quantitative estimate of drug-likeness (QED) is 0.890. The molecule has 2 atom stereocenters. The Morgan fingerprint density at radius 3 is 2.74 bits per heavy atom. The lowest BCUT2D eigenvalue weighted by Gasteiger charge is -2.25. The first kappa shape index (κ1) is 14.4. The van der Waals surface area contributed by atoms with Crippen LogP contribution in [0, 0.1) is 6.92 Å².